The number of halogens is 2. The third kappa shape index (κ3) is 2.22. The number of aromatic nitrogens is 1. The van der Waals surface area contributed by atoms with Crippen molar-refractivity contribution in [1.82, 2.24) is 9.88 Å². The maximum absolute atomic E-state index is 13.8. The van der Waals surface area contributed by atoms with Crippen molar-refractivity contribution in [3.63, 3.8) is 0 Å². The molecule has 19 heavy (non-hydrogen) atoms. The summed E-state index contributed by atoms with van der Waals surface area (Å²) in [4.78, 5) is 17.8. The second-order valence-electron chi connectivity index (χ2n) is 5.44. The molecule has 0 spiro atoms. The molecule has 2 fully saturated rings. The van der Waals surface area contributed by atoms with Crippen LogP contribution in [0.1, 0.15) is 18.5 Å². The van der Waals surface area contributed by atoms with Crippen molar-refractivity contribution in [2.24, 2.45) is 11.8 Å². The molecule has 102 valence electrons. The summed E-state index contributed by atoms with van der Waals surface area (Å²) >= 11 is 0. The number of piperidine rings is 1. The first kappa shape index (κ1) is 12.5. The predicted molar refractivity (Wildman–Crippen MR) is 65.7 cm³/mol. The van der Waals surface area contributed by atoms with Crippen LogP contribution in [0.5, 0.6) is 0 Å². The lowest BCUT2D eigenvalue weighted by Gasteiger charge is -2.37. The summed E-state index contributed by atoms with van der Waals surface area (Å²) in [7, 11) is 0. The third-order valence-corrected chi connectivity index (χ3v) is 4.24. The molecule has 0 radical (unpaired) electrons. The lowest BCUT2D eigenvalue weighted by atomic mass is 9.93. The van der Waals surface area contributed by atoms with E-state index in [1.54, 1.807) is 23.2 Å². The van der Waals surface area contributed by atoms with Gasteiger partial charge in [-0.25, -0.2) is 8.78 Å². The minimum atomic E-state index is -2.58. The highest BCUT2D eigenvalue weighted by atomic mass is 19.3. The summed E-state index contributed by atoms with van der Waals surface area (Å²) in [5.41, 5.74) is 0.692. The van der Waals surface area contributed by atoms with E-state index < -0.39 is 17.8 Å². The molecule has 1 saturated heterocycles. The summed E-state index contributed by atoms with van der Waals surface area (Å²) in [6.45, 7) is 0.379. The number of amides is 1. The smallest absolute Gasteiger partial charge is 0.257 e. The maximum atomic E-state index is 13.8. The van der Waals surface area contributed by atoms with Gasteiger partial charge < -0.3 is 4.90 Å². The minimum absolute atomic E-state index is 0.0916. The van der Waals surface area contributed by atoms with Gasteiger partial charge in [-0.15, -0.1) is 0 Å². The molecule has 2 bridgehead atoms. The first-order valence-corrected chi connectivity index (χ1v) is 6.63. The van der Waals surface area contributed by atoms with E-state index in [4.69, 9.17) is 0 Å². The van der Waals surface area contributed by atoms with E-state index in [1.807, 2.05) is 6.07 Å². The van der Waals surface area contributed by atoms with Gasteiger partial charge in [-0.1, -0.05) is 6.07 Å². The molecule has 2 atom stereocenters. The normalized spacial score (nSPS) is 28.4. The second kappa shape index (κ2) is 4.54. The van der Waals surface area contributed by atoms with Crippen molar-refractivity contribution in [1.29, 1.82) is 0 Å². The molecule has 1 aromatic heterocycles. The van der Waals surface area contributed by atoms with E-state index in [2.05, 4.69) is 4.98 Å². The van der Waals surface area contributed by atoms with Crippen molar-refractivity contribution >= 4 is 5.91 Å². The first-order valence-electron chi connectivity index (χ1n) is 6.63. The standard InChI is InChI=1S/C14H16F2N2O/c15-14(16)10-4-5-11(14)9-18(8-10)13(19)7-12-3-1-2-6-17-12/h1-3,6,10-11H,4-5,7-9H2. The average Bonchev–Trinajstić information content (AvgIpc) is 2.59. The number of hydrogen-bond acceptors (Lipinski definition) is 2. The molecule has 2 heterocycles. The number of carbonyl (C=O) groups is 1. The Kier molecular flexibility index (Phi) is 2.99. The van der Waals surface area contributed by atoms with Crippen LogP contribution in [-0.2, 0) is 11.2 Å². The van der Waals surface area contributed by atoms with Crippen LogP contribution in [0.3, 0.4) is 0 Å². The van der Waals surface area contributed by atoms with Crippen molar-refractivity contribution in [3.05, 3.63) is 30.1 Å². The van der Waals surface area contributed by atoms with Crippen molar-refractivity contribution < 1.29 is 13.6 Å². The van der Waals surface area contributed by atoms with Crippen LogP contribution in [0.25, 0.3) is 0 Å². The van der Waals surface area contributed by atoms with E-state index in [-0.39, 0.29) is 25.4 Å². The molecule has 3 nitrogen and oxygen atoms in total. The van der Waals surface area contributed by atoms with Gasteiger partial charge in [0.1, 0.15) is 0 Å². The predicted octanol–water partition coefficient (Wildman–Crippen LogP) is 2.13. The summed E-state index contributed by atoms with van der Waals surface area (Å²) < 4.78 is 27.5. The Balaban J connectivity index is 1.67. The summed E-state index contributed by atoms with van der Waals surface area (Å²) in [5.74, 6) is -3.98. The van der Waals surface area contributed by atoms with Crippen LogP contribution in [0.4, 0.5) is 8.78 Å². The summed E-state index contributed by atoms with van der Waals surface area (Å²) in [6, 6.07) is 5.39. The van der Waals surface area contributed by atoms with Crippen molar-refractivity contribution in [2.45, 2.75) is 25.2 Å². The van der Waals surface area contributed by atoms with Gasteiger partial charge in [0.25, 0.3) is 5.92 Å². The Morgan fingerprint density at radius 1 is 1.32 bits per heavy atom. The van der Waals surface area contributed by atoms with Gasteiger partial charge in [0.2, 0.25) is 5.91 Å². The van der Waals surface area contributed by atoms with Crippen LogP contribution >= 0.6 is 0 Å². The molecule has 3 rings (SSSR count). The fourth-order valence-electron chi connectivity index (χ4n) is 3.13. The van der Waals surface area contributed by atoms with Crippen LogP contribution < -0.4 is 0 Å². The Bertz CT molecular complexity index is 462. The molecule has 1 aliphatic heterocycles. The molecule has 0 N–H and O–H groups in total. The monoisotopic (exact) mass is 266 g/mol. The number of pyridine rings is 1. The van der Waals surface area contributed by atoms with Gasteiger partial charge in [-0.3, -0.25) is 9.78 Å². The van der Waals surface area contributed by atoms with E-state index in [1.165, 1.54) is 0 Å². The van der Waals surface area contributed by atoms with Gasteiger partial charge >= 0.3 is 0 Å². The van der Waals surface area contributed by atoms with Gasteiger partial charge in [-0.05, 0) is 25.0 Å². The Labute approximate surface area is 110 Å². The van der Waals surface area contributed by atoms with Crippen LogP contribution in [-0.4, -0.2) is 34.8 Å². The van der Waals surface area contributed by atoms with Gasteiger partial charge in [-0.2, -0.15) is 0 Å². The van der Waals surface area contributed by atoms with E-state index in [0.717, 1.165) is 0 Å². The van der Waals surface area contributed by atoms with Crippen LogP contribution in [0.2, 0.25) is 0 Å². The van der Waals surface area contributed by atoms with Crippen LogP contribution in [0, 0.1) is 11.8 Å². The van der Waals surface area contributed by atoms with E-state index in [9.17, 15) is 13.6 Å². The van der Waals surface area contributed by atoms with E-state index >= 15 is 0 Å². The minimum Gasteiger partial charge on any atom is -0.341 e. The number of hydrogen-bond donors (Lipinski definition) is 0. The molecule has 5 heteroatoms. The topological polar surface area (TPSA) is 33.2 Å². The summed E-state index contributed by atoms with van der Waals surface area (Å²) in [5, 5.41) is 0. The zero-order chi connectivity index (χ0) is 13.5. The number of rotatable bonds is 2. The largest absolute Gasteiger partial charge is 0.341 e. The molecule has 1 amide bonds. The first-order chi connectivity index (χ1) is 9.07. The molecule has 1 aliphatic carbocycles. The molecule has 2 aliphatic rings. The fourth-order valence-corrected chi connectivity index (χ4v) is 3.13. The zero-order valence-corrected chi connectivity index (χ0v) is 10.6. The quantitative estimate of drug-likeness (QED) is 0.821. The number of fused-ring (bicyclic) bond motifs is 2. The number of alkyl halides is 2. The van der Waals surface area contributed by atoms with Crippen molar-refractivity contribution in [2.75, 3.05) is 13.1 Å². The lowest BCUT2D eigenvalue weighted by molar-refractivity contribution is -0.148. The number of carbonyl (C=O) groups excluding carboxylic acids is 1. The molecular formula is C14H16F2N2O. The highest BCUT2D eigenvalue weighted by Gasteiger charge is 2.56. The number of likely N-dealkylation sites (tertiary alicyclic amines) is 1. The van der Waals surface area contributed by atoms with Gasteiger partial charge in [0, 0.05) is 36.8 Å². The second-order valence-corrected chi connectivity index (χ2v) is 5.44. The molecule has 1 aromatic rings. The van der Waals surface area contributed by atoms with Crippen LogP contribution in [0.15, 0.2) is 24.4 Å². The highest BCUT2D eigenvalue weighted by Crippen LogP contribution is 2.48. The van der Waals surface area contributed by atoms with Crippen molar-refractivity contribution in [3.8, 4) is 0 Å². The molecule has 0 aromatic carbocycles. The SMILES string of the molecule is O=C(Cc1ccccn1)N1CC2CCC(C1)C2(F)F. The Morgan fingerprint density at radius 3 is 2.58 bits per heavy atom. The highest BCUT2D eigenvalue weighted by molar-refractivity contribution is 5.78. The summed E-state index contributed by atoms with van der Waals surface area (Å²) in [6.07, 6.45) is 2.90. The van der Waals surface area contributed by atoms with Gasteiger partial charge in [0.05, 0.1) is 6.42 Å². The third-order valence-electron chi connectivity index (χ3n) is 4.24. The number of nitrogens with zero attached hydrogens (tertiary/aromatic N) is 2. The molecule has 2 unspecified atom stereocenters. The molecular weight excluding hydrogens is 250 g/mol. The van der Waals surface area contributed by atoms with E-state index in [0.29, 0.717) is 18.5 Å². The lowest BCUT2D eigenvalue weighted by Crippen LogP contribution is -2.51. The maximum Gasteiger partial charge on any atom is 0.257 e. The average molecular weight is 266 g/mol. The zero-order valence-electron chi connectivity index (χ0n) is 10.6. The Morgan fingerprint density at radius 2 is 2.00 bits per heavy atom. The fraction of sp³-hybridized carbons (Fsp3) is 0.571. The Hall–Kier alpha value is -1.52. The molecule has 1 saturated carbocycles. The van der Waals surface area contributed by atoms with Gasteiger partial charge in [0.15, 0.2) is 0 Å².